The molecule has 0 fully saturated rings. The summed E-state index contributed by atoms with van der Waals surface area (Å²) in [6, 6.07) is 21.8. The lowest BCUT2D eigenvalue weighted by Crippen LogP contribution is -2.15. The van der Waals surface area contributed by atoms with Gasteiger partial charge in [0.1, 0.15) is 0 Å². The predicted molar refractivity (Wildman–Crippen MR) is 96.3 cm³/mol. The molecule has 1 atom stereocenters. The van der Waals surface area contributed by atoms with Crippen molar-refractivity contribution in [2.45, 2.75) is 6.29 Å². The third kappa shape index (κ3) is 3.11. The van der Waals surface area contributed by atoms with Gasteiger partial charge in [0.05, 0.1) is 11.1 Å². The van der Waals surface area contributed by atoms with Crippen molar-refractivity contribution < 1.29 is 23.9 Å². The van der Waals surface area contributed by atoms with Gasteiger partial charge in [-0.15, -0.1) is 0 Å². The number of ether oxygens (including phenoxy) is 2. The van der Waals surface area contributed by atoms with Crippen LogP contribution in [-0.2, 0) is 9.47 Å². The Bertz CT molecular complexity index is 1040. The number of hydrogen-bond donors (Lipinski definition) is 0. The van der Waals surface area contributed by atoms with E-state index in [0.717, 1.165) is 0 Å². The van der Waals surface area contributed by atoms with Crippen molar-refractivity contribution in [3.63, 3.8) is 0 Å². The Morgan fingerprint density at radius 1 is 0.778 bits per heavy atom. The summed E-state index contributed by atoms with van der Waals surface area (Å²) in [5, 5.41) is 0. The van der Waals surface area contributed by atoms with E-state index in [1.165, 1.54) is 6.07 Å². The lowest BCUT2D eigenvalue weighted by molar-refractivity contribution is -0.0724. The number of benzene rings is 3. The summed E-state index contributed by atoms with van der Waals surface area (Å²) in [6.07, 6.45) is -1.12. The van der Waals surface area contributed by atoms with Gasteiger partial charge in [-0.05, 0) is 12.1 Å². The van der Waals surface area contributed by atoms with Crippen LogP contribution in [0.4, 0.5) is 0 Å². The second-order valence-electron chi connectivity index (χ2n) is 5.97. The van der Waals surface area contributed by atoms with E-state index in [2.05, 4.69) is 0 Å². The van der Waals surface area contributed by atoms with Crippen molar-refractivity contribution in [2.24, 2.45) is 0 Å². The molecule has 0 unspecified atom stereocenters. The predicted octanol–water partition coefficient (Wildman–Crippen LogP) is 3.94. The normalized spacial score (nSPS) is 15.0. The fourth-order valence-corrected chi connectivity index (χ4v) is 2.97. The quantitative estimate of drug-likeness (QED) is 0.522. The van der Waals surface area contributed by atoms with Crippen LogP contribution < -0.4 is 0 Å². The fraction of sp³-hybridized carbons (Fsp3) is 0.0455. The van der Waals surface area contributed by atoms with Crippen molar-refractivity contribution in [3.8, 4) is 0 Å². The van der Waals surface area contributed by atoms with Crippen LogP contribution in [0.1, 0.15) is 48.5 Å². The third-order valence-corrected chi connectivity index (χ3v) is 4.29. The van der Waals surface area contributed by atoms with Crippen molar-refractivity contribution in [1.29, 1.82) is 0 Å². The number of carbonyl (C=O) groups is 3. The van der Waals surface area contributed by atoms with E-state index in [0.29, 0.717) is 16.7 Å². The Morgan fingerprint density at radius 3 is 2.19 bits per heavy atom. The topological polar surface area (TPSA) is 69.7 Å². The van der Waals surface area contributed by atoms with Gasteiger partial charge in [0, 0.05) is 16.7 Å². The number of rotatable bonds is 4. The highest BCUT2D eigenvalue weighted by Gasteiger charge is 2.34. The number of hydrogen-bond acceptors (Lipinski definition) is 5. The van der Waals surface area contributed by atoms with Crippen LogP contribution in [0, 0.1) is 0 Å². The van der Waals surface area contributed by atoms with Gasteiger partial charge in [0.25, 0.3) is 6.29 Å². The fourth-order valence-electron chi connectivity index (χ4n) is 2.97. The van der Waals surface area contributed by atoms with Gasteiger partial charge in [0.2, 0.25) is 0 Å². The molecular weight excluding hydrogens is 344 g/mol. The lowest BCUT2D eigenvalue weighted by atomic mass is 9.98. The average molecular weight is 358 g/mol. The van der Waals surface area contributed by atoms with E-state index in [9.17, 15) is 14.4 Å². The van der Waals surface area contributed by atoms with E-state index in [1.807, 2.05) is 6.07 Å². The van der Waals surface area contributed by atoms with Gasteiger partial charge in [-0.25, -0.2) is 9.59 Å². The molecule has 1 heterocycles. The Labute approximate surface area is 155 Å². The van der Waals surface area contributed by atoms with Gasteiger partial charge < -0.3 is 9.47 Å². The zero-order chi connectivity index (χ0) is 18.8. The molecule has 1 aliphatic rings. The molecule has 0 radical (unpaired) electrons. The van der Waals surface area contributed by atoms with Crippen molar-refractivity contribution in [1.82, 2.24) is 0 Å². The molecule has 0 aliphatic carbocycles. The van der Waals surface area contributed by atoms with E-state index in [1.54, 1.807) is 66.7 Å². The number of ketones is 1. The van der Waals surface area contributed by atoms with Crippen LogP contribution in [0.25, 0.3) is 0 Å². The van der Waals surface area contributed by atoms with Gasteiger partial charge in [-0.3, -0.25) is 4.79 Å². The molecule has 3 aromatic carbocycles. The molecule has 5 nitrogen and oxygen atoms in total. The summed E-state index contributed by atoms with van der Waals surface area (Å²) in [5.74, 6) is -1.56. The molecule has 1 aliphatic heterocycles. The van der Waals surface area contributed by atoms with E-state index >= 15 is 0 Å². The van der Waals surface area contributed by atoms with Crippen LogP contribution in [0.2, 0.25) is 0 Å². The zero-order valence-corrected chi connectivity index (χ0v) is 14.1. The van der Waals surface area contributed by atoms with Gasteiger partial charge in [-0.1, -0.05) is 66.7 Å². The maximum atomic E-state index is 12.8. The SMILES string of the molecule is O=C(O[C@H]1OC(=O)c2ccccc21)c1ccccc1C(=O)c1ccccc1. The maximum Gasteiger partial charge on any atom is 0.342 e. The summed E-state index contributed by atoms with van der Waals surface area (Å²) in [4.78, 5) is 37.4. The molecule has 5 heteroatoms. The van der Waals surface area contributed by atoms with Crippen LogP contribution in [0.5, 0.6) is 0 Å². The smallest absolute Gasteiger partial charge is 0.342 e. The maximum absolute atomic E-state index is 12.8. The zero-order valence-electron chi connectivity index (χ0n) is 14.1. The summed E-state index contributed by atoms with van der Waals surface area (Å²) >= 11 is 0. The van der Waals surface area contributed by atoms with E-state index in [-0.39, 0.29) is 16.9 Å². The Morgan fingerprint density at radius 2 is 1.41 bits per heavy atom. The van der Waals surface area contributed by atoms with Crippen molar-refractivity contribution in [3.05, 3.63) is 107 Å². The van der Waals surface area contributed by atoms with Crippen LogP contribution in [0.15, 0.2) is 78.9 Å². The monoisotopic (exact) mass is 358 g/mol. The average Bonchev–Trinajstić information content (AvgIpc) is 3.04. The molecule has 0 aromatic heterocycles. The first-order valence-corrected chi connectivity index (χ1v) is 8.35. The molecule has 27 heavy (non-hydrogen) atoms. The minimum absolute atomic E-state index is 0.117. The number of cyclic esters (lactones) is 1. The standard InChI is InChI=1S/C22H14O5/c23-19(14-8-2-1-3-9-14)15-10-4-5-11-16(15)20(24)26-22-18-13-7-6-12-17(18)21(25)27-22/h1-13,22H/t22-/m0/s1. The molecule has 0 amide bonds. The molecule has 4 rings (SSSR count). The Hall–Kier alpha value is -3.73. The molecule has 0 spiro atoms. The number of carbonyl (C=O) groups excluding carboxylic acids is 3. The van der Waals surface area contributed by atoms with Gasteiger partial charge in [0.15, 0.2) is 5.78 Å². The largest absolute Gasteiger partial charge is 0.417 e. The molecular formula is C22H14O5. The molecule has 0 bridgehead atoms. The van der Waals surface area contributed by atoms with Gasteiger partial charge >= 0.3 is 11.9 Å². The number of fused-ring (bicyclic) bond motifs is 1. The highest BCUT2D eigenvalue weighted by molar-refractivity contribution is 6.14. The van der Waals surface area contributed by atoms with Crippen LogP contribution in [-0.4, -0.2) is 17.7 Å². The minimum Gasteiger partial charge on any atom is -0.417 e. The molecule has 0 saturated heterocycles. The van der Waals surface area contributed by atoms with E-state index < -0.39 is 18.2 Å². The van der Waals surface area contributed by atoms with Crippen LogP contribution >= 0.6 is 0 Å². The van der Waals surface area contributed by atoms with E-state index in [4.69, 9.17) is 9.47 Å². The van der Waals surface area contributed by atoms with Crippen molar-refractivity contribution in [2.75, 3.05) is 0 Å². The first-order valence-electron chi connectivity index (χ1n) is 8.35. The van der Waals surface area contributed by atoms with Crippen LogP contribution in [0.3, 0.4) is 0 Å². The molecule has 3 aromatic rings. The molecule has 132 valence electrons. The lowest BCUT2D eigenvalue weighted by Gasteiger charge is -2.14. The Kier molecular flexibility index (Phi) is 4.26. The second kappa shape index (κ2) is 6.88. The molecule has 0 N–H and O–H groups in total. The van der Waals surface area contributed by atoms with Gasteiger partial charge in [-0.2, -0.15) is 0 Å². The first kappa shape index (κ1) is 16.7. The Balaban J connectivity index is 1.63. The summed E-state index contributed by atoms with van der Waals surface area (Å²) in [7, 11) is 0. The summed E-state index contributed by atoms with van der Waals surface area (Å²) in [5.41, 5.74) is 1.67. The highest BCUT2D eigenvalue weighted by atomic mass is 16.7. The summed E-state index contributed by atoms with van der Waals surface area (Å²) in [6.45, 7) is 0. The highest BCUT2D eigenvalue weighted by Crippen LogP contribution is 2.32. The minimum atomic E-state index is -1.12. The molecule has 0 saturated carbocycles. The summed E-state index contributed by atoms with van der Waals surface area (Å²) < 4.78 is 10.5. The number of esters is 2. The third-order valence-electron chi connectivity index (χ3n) is 4.29. The first-order chi connectivity index (χ1) is 13.1. The second-order valence-corrected chi connectivity index (χ2v) is 5.97. The van der Waals surface area contributed by atoms with Crippen molar-refractivity contribution >= 4 is 17.7 Å².